The molecule has 19 heavy (non-hydrogen) atoms. The summed E-state index contributed by atoms with van der Waals surface area (Å²) in [5.74, 6) is 0.595. The van der Waals surface area contributed by atoms with Gasteiger partial charge in [-0.05, 0) is 52.9 Å². The van der Waals surface area contributed by atoms with E-state index in [1.54, 1.807) is 18.2 Å². The highest BCUT2D eigenvalue weighted by Crippen LogP contribution is 2.25. The van der Waals surface area contributed by atoms with Gasteiger partial charge in [0.1, 0.15) is 0 Å². The number of hydrogen-bond acceptors (Lipinski definition) is 3. The van der Waals surface area contributed by atoms with E-state index in [2.05, 4.69) is 27.6 Å². The molecule has 0 unspecified atom stereocenters. The molecule has 5 nitrogen and oxygen atoms in total. The molecule has 106 valence electrons. The normalized spacial score (nSPS) is 18.4. The summed E-state index contributed by atoms with van der Waals surface area (Å²) in [6.45, 7) is 3.30. The van der Waals surface area contributed by atoms with Crippen LogP contribution in [0, 0.1) is 5.92 Å². The number of nitrogens with two attached hydrogens (primary N) is 1. The number of piperidine rings is 1. The minimum Gasteiger partial charge on any atom is -0.398 e. The molecular formula is C12H18BrN3O2S. The summed E-state index contributed by atoms with van der Waals surface area (Å²) in [7, 11) is -3.47. The maximum absolute atomic E-state index is 12.2. The minimum absolute atomic E-state index is 0.514. The monoisotopic (exact) mass is 347 g/mol. The third-order valence-corrected chi connectivity index (χ3v) is 5.56. The van der Waals surface area contributed by atoms with Gasteiger partial charge in [0.15, 0.2) is 0 Å². The van der Waals surface area contributed by atoms with Gasteiger partial charge in [-0.1, -0.05) is 6.92 Å². The van der Waals surface area contributed by atoms with E-state index >= 15 is 0 Å². The van der Waals surface area contributed by atoms with Crippen molar-refractivity contribution in [3.63, 3.8) is 0 Å². The van der Waals surface area contributed by atoms with Gasteiger partial charge in [0, 0.05) is 23.2 Å². The van der Waals surface area contributed by atoms with Gasteiger partial charge in [-0.25, -0.2) is 0 Å². The lowest BCUT2D eigenvalue weighted by atomic mass is 10.0. The number of rotatable bonds is 3. The summed E-state index contributed by atoms with van der Waals surface area (Å²) < 4.78 is 29.2. The van der Waals surface area contributed by atoms with Crippen LogP contribution in [0.3, 0.4) is 0 Å². The Hall–Kier alpha value is -0.790. The highest BCUT2D eigenvalue weighted by molar-refractivity contribution is 9.10. The van der Waals surface area contributed by atoms with Gasteiger partial charge in [-0.3, -0.25) is 4.72 Å². The first-order chi connectivity index (χ1) is 8.88. The zero-order valence-corrected chi connectivity index (χ0v) is 13.2. The maximum Gasteiger partial charge on any atom is 0.301 e. The van der Waals surface area contributed by atoms with Gasteiger partial charge in [-0.2, -0.15) is 12.7 Å². The van der Waals surface area contributed by atoms with E-state index in [0.717, 1.165) is 12.8 Å². The molecule has 1 aliphatic rings. The zero-order chi connectivity index (χ0) is 14.0. The molecule has 0 aliphatic carbocycles. The first-order valence-electron chi connectivity index (χ1n) is 6.21. The summed E-state index contributed by atoms with van der Waals surface area (Å²) in [5, 5.41) is 0. The Morgan fingerprint density at radius 3 is 2.58 bits per heavy atom. The molecule has 0 saturated carbocycles. The van der Waals surface area contributed by atoms with Crippen molar-refractivity contribution in [2.75, 3.05) is 23.5 Å². The Kier molecular flexibility index (Phi) is 4.37. The molecule has 0 atom stereocenters. The van der Waals surface area contributed by atoms with Crippen molar-refractivity contribution in [1.29, 1.82) is 0 Å². The average molecular weight is 348 g/mol. The van der Waals surface area contributed by atoms with E-state index in [9.17, 15) is 8.42 Å². The van der Waals surface area contributed by atoms with Gasteiger partial charge in [0.05, 0.1) is 5.69 Å². The second kappa shape index (κ2) is 5.68. The molecule has 7 heteroatoms. The van der Waals surface area contributed by atoms with Crippen LogP contribution >= 0.6 is 15.9 Å². The smallest absolute Gasteiger partial charge is 0.301 e. The highest BCUT2D eigenvalue weighted by atomic mass is 79.9. The van der Waals surface area contributed by atoms with Crippen LogP contribution < -0.4 is 10.5 Å². The van der Waals surface area contributed by atoms with Crippen LogP contribution in [0.1, 0.15) is 19.8 Å². The van der Waals surface area contributed by atoms with E-state index < -0.39 is 10.2 Å². The van der Waals surface area contributed by atoms with E-state index in [1.165, 1.54) is 4.31 Å². The van der Waals surface area contributed by atoms with Crippen LogP contribution in [-0.4, -0.2) is 25.8 Å². The molecule has 0 spiro atoms. The molecule has 1 aliphatic heterocycles. The maximum atomic E-state index is 12.2. The standard InChI is InChI=1S/C12H18BrN3O2S/c1-9-4-6-16(7-5-9)19(17,18)15-10-2-3-12(14)11(13)8-10/h2-3,8-9,15H,4-7,14H2,1H3. The summed E-state index contributed by atoms with van der Waals surface area (Å²) >= 11 is 3.28. The van der Waals surface area contributed by atoms with E-state index in [1.807, 2.05) is 0 Å². The SMILES string of the molecule is CC1CCN(S(=O)(=O)Nc2ccc(N)c(Br)c2)CC1. The van der Waals surface area contributed by atoms with Crippen molar-refractivity contribution < 1.29 is 8.42 Å². The fraction of sp³-hybridized carbons (Fsp3) is 0.500. The van der Waals surface area contributed by atoms with Crippen LogP contribution in [0.25, 0.3) is 0 Å². The van der Waals surface area contributed by atoms with Crippen molar-refractivity contribution in [3.8, 4) is 0 Å². The number of benzene rings is 1. The number of nitrogen functional groups attached to an aromatic ring is 1. The molecule has 0 amide bonds. The van der Waals surface area contributed by atoms with Gasteiger partial charge in [0.2, 0.25) is 0 Å². The fourth-order valence-electron chi connectivity index (χ4n) is 2.03. The second-order valence-electron chi connectivity index (χ2n) is 4.92. The first kappa shape index (κ1) is 14.6. The molecule has 1 heterocycles. The van der Waals surface area contributed by atoms with Crippen molar-refractivity contribution in [3.05, 3.63) is 22.7 Å². The first-order valence-corrected chi connectivity index (χ1v) is 8.45. The predicted molar refractivity (Wildman–Crippen MR) is 81.1 cm³/mol. The predicted octanol–water partition coefficient (Wildman–Crippen LogP) is 2.42. The highest BCUT2D eigenvalue weighted by Gasteiger charge is 2.26. The molecule has 0 radical (unpaired) electrons. The van der Waals surface area contributed by atoms with Crippen LogP contribution in [0.15, 0.2) is 22.7 Å². The van der Waals surface area contributed by atoms with E-state index in [4.69, 9.17) is 5.73 Å². The van der Waals surface area contributed by atoms with Crippen LogP contribution in [0.4, 0.5) is 11.4 Å². The third kappa shape index (κ3) is 3.61. The van der Waals surface area contributed by atoms with Crippen molar-refractivity contribution in [2.45, 2.75) is 19.8 Å². The van der Waals surface area contributed by atoms with Crippen LogP contribution in [-0.2, 0) is 10.2 Å². The Bertz CT molecular complexity index is 554. The second-order valence-corrected chi connectivity index (χ2v) is 7.45. The quantitative estimate of drug-likeness (QED) is 0.824. The summed E-state index contributed by atoms with van der Waals surface area (Å²) in [6.07, 6.45) is 1.82. The number of nitrogens with one attached hydrogen (secondary N) is 1. The molecule has 1 aromatic rings. The number of nitrogens with zero attached hydrogens (tertiary/aromatic N) is 1. The lowest BCUT2D eigenvalue weighted by Crippen LogP contribution is -2.41. The molecule has 1 aromatic carbocycles. The number of halogens is 1. The van der Waals surface area contributed by atoms with Crippen LogP contribution in [0.5, 0.6) is 0 Å². The Morgan fingerprint density at radius 1 is 1.37 bits per heavy atom. The molecular weight excluding hydrogens is 330 g/mol. The van der Waals surface area contributed by atoms with E-state index in [0.29, 0.717) is 34.9 Å². The topological polar surface area (TPSA) is 75.4 Å². The molecule has 0 aromatic heterocycles. The summed E-state index contributed by atoms with van der Waals surface area (Å²) in [4.78, 5) is 0. The fourth-order valence-corrected chi connectivity index (χ4v) is 3.65. The average Bonchev–Trinajstić information content (AvgIpc) is 2.34. The Labute approximate surface area is 122 Å². The van der Waals surface area contributed by atoms with Gasteiger partial charge in [-0.15, -0.1) is 0 Å². The zero-order valence-electron chi connectivity index (χ0n) is 10.8. The minimum atomic E-state index is -3.47. The third-order valence-electron chi connectivity index (χ3n) is 3.33. The number of anilines is 2. The van der Waals surface area contributed by atoms with Gasteiger partial charge < -0.3 is 5.73 Å². The lowest BCUT2D eigenvalue weighted by Gasteiger charge is -2.29. The van der Waals surface area contributed by atoms with Crippen LogP contribution in [0.2, 0.25) is 0 Å². The van der Waals surface area contributed by atoms with Gasteiger partial charge >= 0.3 is 10.2 Å². The van der Waals surface area contributed by atoms with Crippen molar-refractivity contribution in [2.24, 2.45) is 5.92 Å². The van der Waals surface area contributed by atoms with Gasteiger partial charge in [0.25, 0.3) is 0 Å². The molecule has 0 bridgehead atoms. The molecule has 1 fully saturated rings. The molecule has 2 rings (SSSR count). The lowest BCUT2D eigenvalue weighted by molar-refractivity contribution is 0.289. The Balaban J connectivity index is 2.10. The van der Waals surface area contributed by atoms with E-state index in [-0.39, 0.29) is 0 Å². The molecule has 3 N–H and O–H groups in total. The van der Waals surface area contributed by atoms with Crippen molar-refractivity contribution >= 4 is 37.5 Å². The summed E-state index contributed by atoms with van der Waals surface area (Å²) in [5.41, 5.74) is 6.77. The summed E-state index contributed by atoms with van der Waals surface area (Å²) in [6, 6.07) is 4.99. The number of hydrogen-bond donors (Lipinski definition) is 2. The molecule has 1 saturated heterocycles. The largest absolute Gasteiger partial charge is 0.398 e. The Morgan fingerprint density at radius 2 is 2.00 bits per heavy atom. The van der Waals surface area contributed by atoms with Crippen molar-refractivity contribution in [1.82, 2.24) is 4.31 Å².